The van der Waals surface area contributed by atoms with Gasteiger partial charge >= 0.3 is 0 Å². The van der Waals surface area contributed by atoms with Crippen LogP contribution < -0.4 is 14.8 Å². The van der Waals surface area contributed by atoms with E-state index in [0.29, 0.717) is 28.3 Å². The topological polar surface area (TPSA) is 64.6 Å². The number of aldehydes is 1. The molecule has 0 spiro atoms. The van der Waals surface area contributed by atoms with Gasteiger partial charge in [0.15, 0.2) is 6.29 Å². The van der Waals surface area contributed by atoms with Crippen LogP contribution in [0.2, 0.25) is 0 Å². The van der Waals surface area contributed by atoms with E-state index in [1.807, 2.05) is 18.2 Å². The Hall–Kier alpha value is -2.82. The maximum absolute atomic E-state index is 11.4. The second kappa shape index (κ2) is 6.76. The van der Waals surface area contributed by atoms with Crippen LogP contribution in [0.1, 0.15) is 17.3 Å². The molecular formula is C17H17NO4. The number of ether oxygens (including phenoxy) is 2. The smallest absolute Gasteiger partial charge is 0.221 e. The number of anilines is 1. The van der Waals surface area contributed by atoms with Crippen molar-refractivity contribution >= 4 is 17.9 Å². The van der Waals surface area contributed by atoms with Crippen LogP contribution in [-0.2, 0) is 4.79 Å². The first-order valence-corrected chi connectivity index (χ1v) is 6.69. The summed E-state index contributed by atoms with van der Waals surface area (Å²) in [5.41, 5.74) is 2.53. The third kappa shape index (κ3) is 3.09. The first-order chi connectivity index (χ1) is 10.6. The number of carbonyl (C=O) groups is 2. The summed E-state index contributed by atoms with van der Waals surface area (Å²) in [6.07, 6.45) is 0.725. The number of benzene rings is 2. The van der Waals surface area contributed by atoms with Crippen molar-refractivity contribution in [2.75, 3.05) is 19.5 Å². The van der Waals surface area contributed by atoms with E-state index in [9.17, 15) is 9.59 Å². The number of methoxy groups -OCH3 is 2. The molecule has 0 aliphatic heterocycles. The van der Waals surface area contributed by atoms with E-state index in [4.69, 9.17) is 9.47 Å². The van der Waals surface area contributed by atoms with Crippen molar-refractivity contribution in [2.45, 2.75) is 6.92 Å². The molecule has 0 aliphatic carbocycles. The second-order valence-electron chi connectivity index (χ2n) is 4.64. The normalized spacial score (nSPS) is 9.95. The molecule has 0 aliphatic rings. The van der Waals surface area contributed by atoms with Gasteiger partial charge in [-0.1, -0.05) is 18.2 Å². The van der Waals surface area contributed by atoms with Gasteiger partial charge in [-0.15, -0.1) is 0 Å². The zero-order chi connectivity index (χ0) is 16.1. The molecule has 5 nitrogen and oxygen atoms in total. The summed E-state index contributed by atoms with van der Waals surface area (Å²) in [5.74, 6) is 0.823. The van der Waals surface area contributed by atoms with Gasteiger partial charge < -0.3 is 14.8 Å². The average molecular weight is 299 g/mol. The fraction of sp³-hybridized carbons (Fsp3) is 0.176. The van der Waals surface area contributed by atoms with Crippen molar-refractivity contribution in [1.82, 2.24) is 0 Å². The summed E-state index contributed by atoms with van der Waals surface area (Å²) >= 11 is 0. The molecule has 0 fully saturated rings. The highest BCUT2D eigenvalue weighted by Crippen LogP contribution is 2.38. The zero-order valence-corrected chi connectivity index (χ0v) is 12.7. The highest BCUT2D eigenvalue weighted by molar-refractivity contribution is 5.96. The van der Waals surface area contributed by atoms with Crippen molar-refractivity contribution in [1.29, 1.82) is 0 Å². The van der Waals surface area contributed by atoms with E-state index in [2.05, 4.69) is 5.32 Å². The molecule has 22 heavy (non-hydrogen) atoms. The highest BCUT2D eigenvalue weighted by atomic mass is 16.5. The molecule has 0 radical (unpaired) electrons. The summed E-state index contributed by atoms with van der Waals surface area (Å²) in [6.45, 7) is 1.44. The summed E-state index contributed by atoms with van der Waals surface area (Å²) in [5, 5.41) is 2.78. The Morgan fingerprint density at radius 3 is 2.32 bits per heavy atom. The molecule has 2 rings (SSSR count). The first-order valence-electron chi connectivity index (χ1n) is 6.69. The first kappa shape index (κ1) is 15.6. The molecular weight excluding hydrogens is 282 g/mol. The van der Waals surface area contributed by atoms with Crippen molar-refractivity contribution in [3.8, 4) is 22.6 Å². The average Bonchev–Trinajstić information content (AvgIpc) is 2.53. The lowest BCUT2D eigenvalue weighted by Crippen LogP contribution is -2.07. The molecule has 1 N–H and O–H groups in total. The van der Waals surface area contributed by atoms with Gasteiger partial charge in [0.1, 0.15) is 11.5 Å². The minimum absolute atomic E-state index is 0.171. The lowest BCUT2D eigenvalue weighted by molar-refractivity contribution is -0.114. The van der Waals surface area contributed by atoms with Crippen LogP contribution >= 0.6 is 0 Å². The lowest BCUT2D eigenvalue weighted by atomic mass is 9.99. The minimum Gasteiger partial charge on any atom is -0.496 e. The molecule has 0 saturated heterocycles. The quantitative estimate of drug-likeness (QED) is 0.861. The third-order valence-corrected chi connectivity index (χ3v) is 3.21. The van der Waals surface area contributed by atoms with Gasteiger partial charge in [0, 0.05) is 29.8 Å². The number of hydrogen-bond acceptors (Lipinski definition) is 4. The third-order valence-electron chi connectivity index (χ3n) is 3.21. The molecule has 0 atom stereocenters. The summed E-state index contributed by atoms with van der Waals surface area (Å²) in [6, 6.07) is 10.7. The molecule has 2 aromatic carbocycles. The van der Waals surface area contributed by atoms with Gasteiger partial charge in [-0.2, -0.15) is 0 Å². The largest absolute Gasteiger partial charge is 0.496 e. The Kier molecular flexibility index (Phi) is 4.78. The molecule has 1 amide bonds. The number of rotatable bonds is 5. The Balaban J connectivity index is 2.66. The van der Waals surface area contributed by atoms with Crippen molar-refractivity contribution in [2.24, 2.45) is 0 Å². The monoisotopic (exact) mass is 299 g/mol. The predicted octanol–water partition coefficient (Wildman–Crippen LogP) is 3.14. The van der Waals surface area contributed by atoms with E-state index in [0.717, 1.165) is 11.8 Å². The number of amides is 1. The SMILES string of the molecule is COc1cc(OC)c(-c2ccccc2NC(C)=O)cc1C=O. The number of carbonyl (C=O) groups excluding carboxylic acids is 2. The van der Waals surface area contributed by atoms with Gasteiger partial charge in [0.25, 0.3) is 0 Å². The molecule has 114 valence electrons. The van der Waals surface area contributed by atoms with Gasteiger partial charge in [-0.05, 0) is 12.1 Å². The minimum atomic E-state index is -0.171. The van der Waals surface area contributed by atoms with Gasteiger partial charge in [-0.25, -0.2) is 0 Å². The molecule has 0 unspecified atom stereocenters. The van der Waals surface area contributed by atoms with Crippen LogP contribution in [0.4, 0.5) is 5.69 Å². The maximum Gasteiger partial charge on any atom is 0.221 e. The van der Waals surface area contributed by atoms with Crippen molar-refractivity contribution in [3.05, 3.63) is 42.0 Å². The van der Waals surface area contributed by atoms with Crippen molar-refractivity contribution < 1.29 is 19.1 Å². The molecule has 0 aromatic heterocycles. The van der Waals surface area contributed by atoms with E-state index < -0.39 is 0 Å². The number of nitrogens with one attached hydrogen (secondary N) is 1. The lowest BCUT2D eigenvalue weighted by Gasteiger charge is -2.15. The van der Waals surface area contributed by atoms with Crippen LogP contribution in [0.15, 0.2) is 36.4 Å². The molecule has 0 bridgehead atoms. The van der Waals surface area contributed by atoms with Gasteiger partial charge in [-0.3, -0.25) is 9.59 Å². The predicted molar refractivity (Wildman–Crippen MR) is 84.7 cm³/mol. The Morgan fingerprint density at radius 1 is 1.05 bits per heavy atom. The summed E-state index contributed by atoms with van der Waals surface area (Å²) in [7, 11) is 3.03. The van der Waals surface area contributed by atoms with Crippen LogP contribution in [0.3, 0.4) is 0 Å². The van der Waals surface area contributed by atoms with Crippen LogP contribution in [0, 0.1) is 0 Å². The Labute approximate surface area is 128 Å². The van der Waals surface area contributed by atoms with Crippen LogP contribution in [-0.4, -0.2) is 26.4 Å². The van der Waals surface area contributed by atoms with Crippen molar-refractivity contribution in [3.63, 3.8) is 0 Å². The maximum atomic E-state index is 11.4. The fourth-order valence-corrected chi connectivity index (χ4v) is 2.24. The highest BCUT2D eigenvalue weighted by Gasteiger charge is 2.15. The van der Waals surface area contributed by atoms with Gasteiger partial charge in [0.2, 0.25) is 5.91 Å². The van der Waals surface area contributed by atoms with Crippen LogP contribution in [0.5, 0.6) is 11.5 Å². The zero-order valence-electron chi connectivity index (χ0n) is 12.7. The van der Waals surface area contributed by atoms with Crippen LogP contribution in [0.25, 0.3) is 11.1 Å². The Morgan fingerprint density at radius 2 is 1.73 bits per heavy atom. The second-order valence-corrected chi connectivity index (χ2v) is 4.64. The fourth-order valence-electron chi connectivity index (χ4n) is 2.24. The summed E-state index contributed by atoms with van der Waals surface area (Å²) < 4.78 is 10.6. The molecule has 0 saturated carbocycles. The Bertz CT molecular complexity index is 710. The molecule has 2 aromatic rings. The van der Waals surface area contributed by atoms with Gasteiger partial charge in [0.05, 0.1) is 19.8 Å². The van der Waals surface area contributed by atoms with E-state index >= 15 is 0 Å². The summed E-state index contributed by atoms with van der Waals surface area (Å²) in [4.78, 5) is 22.6. The van der Waals surface area contributed by atoms with E-state index in [1.165, 1.54) is 14.0 Å². The molecule has 5 heteroatoms. The van der Waals surface area contributed by atoms with E-state index in [1.54, 1.807) is 25.3 Å². The molecule has 0 heterocycles. The number of para-hydroxylation sites is 1. The standard InChI is InChI=1S/C17H17NO4/c1-11(20)18-15-7-5-4-6-13(15)14-8-12(10-19)16(21-2)9-17(14)22-3/h4-10H,1-3H3,(H,18,20). The number of hydrogen-bond donors (Lipinski definition) is 1. The van der Waals surface area contributed by atoms with E-state index in [-0.39, 0.29) is 5.91 Å².